The van der Waals surface area contributed by atoms with Crippen LogP contribution in [0.1, 0.15) is 83.0 Å². The number of aryl methyl sites for hydroxylation is 7. The molecule has 0 aliphatic heterocycles. The lowest BCUT2D eigenvalue weighted by atomic mass is 9.58. The van der Waals surface area contributed by atoms with Gasteiger partial charge in [-0.1, -0.05) is 165 Å². The molecule has 7 aromatic carbocycles. The van der Waals surface area contributed by atoms with E-state index >= 15 is 0 Å². The van der Waals surface area contributed by atoms with Crippen LogP contribution in [0.15, 0.2) is 160 Å². The van der Waals surface area contributed by atoms with Gasteiger partial charge in [-0.25, -0.2) is 0 Å². The Morgan fingerprint density at radius 1 is 0.581 bits per heavy atom. The van der Waals surface area contributed by atoms with Crippen LogP contribution in [0.5, 0.6) is 0 Å². The Hall–Kier alpha value is -4.81. The van der Waals surface area contributed by atoms with Crippen molar-refractivity contribution in [2.75, 3.05) is 6.26 Å². The highest BCUT2D eigenvalue weighted by Gasteiger charge is 2.76. The molecule has 0 amide bonds. The number of hydrogen-bond acceptors (Lipinski definition) is 0. The molecule has 1 spiro atoms. The van der Waals surface area contributed by atoms with E-state index in [1.807, 2.05) is 0 Å². The van der Waals surface area contributed by atoms with Crippen molar-refractivity contribution in [1.29, 1.82) is 0 Å². The zero-order chi connectivity index (χ0) is 42.5. The van der Waals surface area contributed by atoms with Gasteiger partial charge < -0.3 is 0 Å². The Bertz CT molecular complexity index is 2880. The molecule has 4 atom stereocenters. The van der Waals surface area contributed by atoms with Gasteiger partial charge in [0.25, 0.3) is 0 Å². The van der Waals surface area contributed by atoms with Crippen molar-refractivity contribution in [2.45, 2.75) is 107 Å². The maximum Gasteiger partial charge on any atom is 0.00683 e. The molecule has 0 N–H and O–H groups in total. The fourth-order valence-corrected chi connectivity index (χ4v) is 20.6. The standard InChI is InChI=1S/C60H61PS/c1-39-32-41(3)57(42(4)33-39)62(7,58-43(5)34-40(2)35-44(58)6)51-16-12-14-47(36-51)46-24-26-49(27-25-46)59(38-60(59)37-48-15-13-19-54(48)60)31-30-45-22-28-50(29-23-45)61-55-20-10-8-17-52(55)53-18-9-11-21-56(53)61/h8-12,14,16-18,20-29,32-36,48,54H,13,15,19,30-31,37-38H2,1-7H3. The van der Waals surface area contributed by atoms with Gasteiger partial charge in [0.15, 0.2) is 0 Å². The summed E-state index contributed by atoms with van der Waals surface area (Å²) in [7, 11) is -2.09. The molecule has 312 valence electrons. The molecule has 1 aromatic heterocycles. The van der Waals surface area contributed by atoms with Gasteiger partial charge in [-0.2, -0.15) is 10.0 Å². The molecule has 2 heteroatoms. The highest BCUT2D eigenvalue weighted by Crippen LogP contribution is 2.82. The minimum absolute atomic E-state index is 0.286. The first-order chi connectivity index (χ1) is 30.0. The topological polar surface area (TPSA) is 0 Å². The highest BCUT2D eigenvalue weighted by atomic mass is 32.3. The molecule has 3 aliphatic rings. The molecule has 3 aliphatic carbocycles. The largest absolute Gasteiger partial charge is 0.162 e. The van der Waals surface area contributed by atoms with E-state index in [0.29, 0.717) is 5.41 Å². The smallest absolute Gasteiger partial charge is 0.00683 e. The third kappa shape index (κ3) is 6.09. The summed E-state index contributed by atoms with van der Waals surface area (Å²) in [5, 5.41) is 7.32. The summed E-state index contributed by atoms with van der Waals surface area (Å²) in [6.07, 6.45) is 12.1. The van der Waals surface area contributed by atoms with Gasteiger partial charge in [-0.15, -0.1) is 0 Å². The maximum absolute atomic E-state index is 2.57. The summed E-state index contributed by atoms with van der Waals surface area (Å²) in [5.41, 5.74) is 14.8. The van der Waals surface area contributed by atoms with Crippen LogP contribution in [0, 0.1) is 58.8 Å². The van der Waals surface area contributed by atoms with Crippen molar-refractivity contribution in [1.82, 2.24) is 0 Å². The molecule has 0 radical (unpaired) electrons. The van der Waals surface area contributed by atoms with Crippen LogP contribution in [0.4, 0.5) is 0 Å². The van der Waals surface area contributed by atoms with Crippen molar-refractivity contribution in [2.24, 2.45) is 17.3 Å². The van der Waals surface area contributed by atoms with Crippen molar-refractivity contribution in [3.05, 3.63) is 190 Å². The van der Waals surface area contributed by atoms with Gasteiger partial charge in [-0.05, 0) is 175 Å². The minimum atomic E-state index is -1.57. The lowest BCUT2D eigenvalue weighted by Gasteiger charge is -2.46. The molecule has 0 saturated heterocycles. The van der Waals surface area contributed by atoms with Gasteiger partial charge in [0.05, 0.1) is 0 Å². The van der Waals surface area contributed by atoms with Gasteiger partial charge in [0.2, 0.25) is 0 Å². The van der Waals surface area contributed by atoms with Crippen molar-refractivity contribution >= 4 is 38.6 Å². The molecule has 0 bridgehead atoms. The van der Waals surface area contributed by atoms with E-state index < -0.39 is 17.6 Å². The van der Waals surface area contributed by atoms with Gasteiger partial charge in [-0.3, -0.25) is 0 Å². The Labute approximate surface area is 373 Å². The Balaban J connectivity index is 0.920. The third-order valence-corrected chi connectivity index (χ3v) is 22.8. The Kier molecular flexibility index (Phi) is 9.61. The zero-order valence-corrected chi connectivity index (χ0v) is 39.5. The lowest BCUT2D eigenvalue weighted by Crippen LogP contribution is -2.40. The first-order valence-corrected chi connectivity index (χ1v) is 26.6. The molecule has 3 saturated carbocycles. The van der Waals surface area contributed by atoms with Crippen LogP contribution in [-0.2, 0) is 11.8 Å². The molecule has 0 nitrogen and oxygen atoms in total. The summed E-state index contributed by atoms with van der Waals surface area (Å²) in [6, 6.07) is 57.3. The summed E-state index contributed by atoms with van der Waals surface area (Å²) in [4.78, 5) is 4.47. The first-order valence-electron chi connectivity index (χ1n) is 23.2. The molecule has 11 rings (SSSR count). The molecule has 62 heavy (non-hydrogen) atoms. The van der Waals surface area contributed by atoms with E-state index in [0.717, 1.165) is 18.3 Å². The summed E-state index contributed by atoms with van der Waals surface area (Å²) >= 11 is 0. The van der Waals surface area contributed by atoms with Crippen molar-refractivity contribution in [3.8, 4) is 16.4 Å². The van der Waals surface area contributed by atoms with Crippen LogP contribution < -0.4 is 0 Å². The van der Waals surface area contributed by atoms with E-state index in [1.54, 1.807) is 5.56 Å². The summed E-state index contributed by atoms with van der Waals surface area (Å²) < 4.78 is 0. The Morgan fingerprint density at radius 2 is 1.16 bits per heavy atom. The van der Waals surface area contributed by atoms with E-state index in [4.69, 9.17) is 0 Å². The number of rotatable bonds is 9. The van der Waals surface area contributed by atoms with Gasteiger partial charge in [0, 0.05) is 25.4 Å². The molecule has 1 heterocycles. The fourth-order valence-electron chi connectivity index (χ4n) is 13.8. The number of fused-ring (bicyclic) bond motifs is 5. The molecular weight excluding hydrogens is 784 g/mol. The van der Waals surface area contributed by atoms with Crippen molar-refractivity contribution < 1.29 is 0 Å². The predicted molar refractivity (Wildman–Crippen MR) is 269 cm³/mol. The Morgan fingerprint density at radius 3 is 1.74 bits per heavy atom. The number of hydrogen-bond donors (Lipinski definition) is 0. The average molecular weight is 845 g/mol. The SMILES string of the molecule is Cc1cc(C)c(S(C)(c2cccc(-c3ccc(C4(CCc5ccc(-p6c7ccccc7c7ccccc76)cc5)CC45CC4CCCC45)cc3)c2)c2c(C)cc(C)cc2C)c(C)c1. The predicted octanol–water partition coefficient (Wildman–Crippen LogP) is 17.5. The zero-order valence-electron chi connectivity index (χ0n) is 37.8. The highest BCUT2D eigenvalue weighted by molar-refractivity contribution is 8.33. The normalized spacial score (nSPS) is 22.0. The molecule has 3 fully saturated rings. The summed E-state index contributed by atoms with van der Waals surface area (Å²) in [6.45, 7) is 13.8. The van der Waals surface area contributed by atoms with Crippen LogP contribution in [-0.4, -0.2) is 6.26 Å². The number of benzene rings is 7. The summed E-state index contributed by atoms with van der Waals surface area (Å²) in [5.74, 6) is 1.89. The lowest BCUT2D eigenvalue weighted by molar-refractivity contribution is 0.0515. The molecule has 8 aromatic rings. The quantitative estimate of drug-likeness (QED) is 0.136. The first kappa shape index (κ1) is 40.0. The van der Waals surface area contributed by atoms with E-state index in [-0.39, 0.29) is 5.41 Å². The third-order valence-electron chi connectivity index (χ3n) is 16.2. The molecular formula is C60H61PS. The van der Waals surface area contributed by atoms with Crippen LogP contribution >= 0.6 is 17.6 Å². The maximum atomic E-state index is 2.57. The average Bonchev–Trinajstić information content (AvgIpc) is 3.61. The van der Waals surface area contributed by atoms with E-state index in [9.17, 15) is 0 Å². The van der Waals surface area contributed by atoms with Crippen molar-refractivity contribution in [3.63, 3.8) is 0 Å². The van der Waals surface area contributed by atoms with Gasteiger partial charge in [0.1, 0.15) is 0 Å². The van der Waals surface area contributed by atoms with Crippen LogP contribution in [0.3, 0.4) is 0 Å². The van der Waals surface area contributed by atoms with Crippen LogP contribution in [0.2, 0.25) is 0 Å². The van der Waals surface area contributed by atoms with E-state index in [2.05, 4.69) is 193 Å². The second-order valence-corrected chi connectivity index (χ2v) is 25.2. The van der Waals surface area contributed by atoms with E-state index in [1.165, 1.54) is 130 Å². The van der Waals surface area contributed by atoms with Gasteiger partial charge >= 0.3 is 0 Å². The monoisotopic (exact) mass is 844 g/mol. The second kappa shape index (κ2) is 14.9. The minimum Gasteiger partial charge on any atom is -0.162 e. The molecule has 4 unspecified atom stereocenters. The van der Waals surface area contributed by atoms with Crippen LogP contribution in [0.25, 0.3) is 37.4 Å². The fraction of sp³-hybridized carbons (Fsp3) is 0.300. The second-order valence-electron chi connectivity index (χ2n) is 19.9.